The molecule has 1 heterocycles. The van der Waals surface area contributed by atoms with Gasteiger partial charge < -0.3 is 10.4 Å². The number of rotatable bonds is 8. The molecule has 24 heavy (non-hydrogen) atoms. The molecule has 2 N–H and O–H groups in total. The van der Waals surface area contributed by atoms with Crippen molar-refractivity contribution in [1.82, 2.24) is 5.32 Å². The van der Waals surface area contributed by atoms with E-state index in [1.807, 2.05) is 0 Å². The van der Waals surface area contributed by atoms with Gasteiger partial charge in [-0.3, -0.25) is 19.8 Å². The van der Waals surface area contributed by atoms with Crippen molar-refractivity contribution in [1.29, 1.82) is 0 Å². The summed E-state index contributed by atoms with van der Waals surface area (Å²) in [6.45, 7) is 1.54. The molecule has 1 aliphatic rings. The number of aliphatic hydroxyl groups is 1. The third kappa shape index (κ3) is 4.27. The fourth-order valence-corrected chi connectivity index (χ4v) is 2.51. The maximum Gasteiger partial charge on any atom is 0.346 e. The SMILES string of the molecule is CC(OOC(=O)Cc1ccc([N+](=O)[O-])cc1)[C@H]1C(=O)N[C@H]1CCO. The molecule has 0 bridgehead atoms. The Bertz CT molecular complexity index is 617. The minimum atomic E-state index is -0.672. The van der Waals surface area contributed by atoms with Crippen molar-refractivity contribution in [2.45, 2.75) is 31.9 Å². The Morgan fingerprint density at radius 1 is 1.42 bits per heavy atom. The van der Waals surface area contributed by atoms with E-state index in [9.17, 15) is 19.7 Å². The van der Waals surface area contributed by atoms with E-state index in [1.165, 1.54) is 24.3 Å². The lowest BCUT2D eigenvalue weighted by Gasteiger charge is -2.38. The monoisotopic (exact) mass is 338 g/mol. The standard InChI is InChI=1S/C15H18N2O7/c1-9(14-12(6-7-18)16-15(14)20)23-24-13(19)8-10-2-4-11(5-3-10)17(21)22/h2-5,9,12,14,18H,6-8H2,1H3,(H,16,20)/t9?,12-,14+/m0/s1. The highest BCUT2D eigenvalue weighted by molar-refractivity contribution is 5.86. The number of carbonyl (C=O) groups excluding carboxylic acids is 2. The minimum absolute atomic E-state index is 0.0614. The number of nitro benzene ring substituents is 1. The first-order valence-corrected chi connectivity index (χ1v) is 7.43. The van der Waals surface area contributed by atoms with Gasteiger partial charge in [-0.2, -0.15) is 4.89 Å². The second-order valence-corrected chi connectivity index (χ2v) is 5.51. The Morgan fingerprint density at radius 2 is 2.08 bits per heavy atom. The summed E-state index contributed by atoms with van der Waals surface area (Å²) in [5.74, 6) is -1.37. The number of benzene rings is 1. The van der Waals surface area contributed by atoms with Crippen LogP contribution in [0, 0.1) is 16.0 Å². The fourth-order valence-electron chi connectivity index (χ4n) is 2.51. The minimum Gasteiger partial charge on any atom is -0.396 e. The third-order valence-corrected chi connectivity index (χ3v) is 3.80. The van der Waals surface area contributed by atoms with Crippen LogP contribution in [-0.2, 0) is 25.8 Å². The van der Waals surface area contributed by atoms with E-state index in [0.717, 1.165) is 0 Å². The van der Waals surface area contributed by atoms with Crippen molar-refractivity contribution >= 4 is 17.6 Å². The number of nitrogens with one attached hydrogen (secondary N) is 1. The van der Waals surface area contributed by atoms with Crippen LogP contribution in [0.2, 0.25) is 0 Å². The first-order chi connectivity index (χ1) is 11.4. The number of carbonyl (C=O) groups is 2. The summed E-state index contributed by atoms with van der Waals surface area (Å²) in [7, 11) is 0. The second kappa shape index (κ2) is 7.84. The molecule has 0 spiro atoms. The van der Waals surface area contributed by atoms with E-state index in [0.29, 0.717) is 12.0 Å². The molecule has 9 nitrogen and oxygen atoms in total. The molecule has 0 saturated carbocycles. The summed E-state index contributed by atoms with van der Waals surface area (Å²) in [6, 6.07) is 5.30. The van der Waals surface area contributed by atoms with Crippen molar-refractivity contribution < 1.29 is 29.4 Å². The van der Waals surface area contributed by atoms with Crippen LogP contribution in [0.1, 0.15) is 18.9 Å². The Kier molecular flexibility index (Phi) is 5.83. The Hall–Kier alpha value is -2.52. The van der Waals surface area contributed by atoms with Crippen molar-refractivity contribution in [2.75, 3.05) is 6.61 Å². The maximum atomic E-state index is 11.7. The summed E-state index contributed by atoms with van der Waals surface area (Å²) in [6.07, 6.45) is -0.348. The molecule has 1 saturated heterocycles. The van der Waals surface area contributed by atoms with Crippen LogP contribution in [0.25, 0.3) is 0 Å². The van der Waals surface area contributed by atoms with Crippen LogP contribution >= 0.6 is 0 Å². The molecule has 1 fully saturated rings. The van der Waals surface area contributed by atoms with Gasteiger partial charge in [-0.05, 0) is 18.9 Å². The number of β-lactam (4-membered cyclic amide) rings is 1. The van der Waals surface area contributed by atoms with Crippen molar-refractivity contribution in [3.8, 4) is 0 Å². The lowest BCUT2D eigenvalue weighted by Crippen LogP contribution is -2.62. The fraction of sp³-hybridized carbons (Fsp3) is 0.467. The maximum absolute atomic E-state index is 11.7. The highest BCUT2D eigenvalue weighted by atomic mass is 17.2. The molecule has 0 aromatic heterocycles. The molecule has 1 aromatic rings. The first-order valence-electron chi connectivity index (χ1n) is 7.43. The molecule has 0 aliphatic carbocycles. The van der Waals surface area contributed by atoms with E-state index in [2.05, 4.69) is 5.32 Å². The zero-order valence-electron chi connectivity index (χ0n) is 13.0. The van der Waals surface area contributed by atoms with Crippen LogP contribution in [0.3, 0.4) is 0 Å². The topological polar surface area (TPSA) is 128 Å². The number of aliphatic hydroxyl groups excluding tert-OH is 1. The molecular formula is C15H18N2O7. The van der Waals surface area contributed by atoms with Crippen LogP contribution in [0.5, 0.6) is 0 Å². The van der Waals surface area contributed by atoms with Gasteiger partial charge in [0.25, 0.3) is 5.69 Å². The summed E-state index contributed by atoms with van der Waals surface area (Å²) in [4.78, 5) is 43.0. The highest BCUT2D eigenvalue weighted by Gasteiger charge is 2.43. The summed E-state index contributed by atoms with van der Waals surface area (Å²) >= 11 is 0. The van der Waals surface area contributed by atoms with Crippen molar-refractivity contribution in [2.24, 2.45) is 5.92 Å². The van der Waals surface area contributed by atoms with E-state index in [-0.39, 0.29) is 30.7 Å². The first kappa shape index (κ1) is 17.8. The predicted molar refractivity (Wildman–Crippen MR) is 80.6 cm³/mol. The van der Waals surface area contributed by atoms with Gasteiger partial charge in [0.05, 0.1) is 17.3 Å². The van der Waals surface area contributed by atoms with Crippen molar-refractivity contribution in [3.05, 3.63) is 39.9 Å². The predicted octanol–water partition coefficient (Wildman–Crippen LogP) is 0.498. The van der Waals surface area contributed by atoms with Crippen LogP contribution in [0.4, 0.5) is 5.69 Å². The van der Waals surface area contributed by atoms with Gasteiger partial charge in [-0.1, -0.05) is 12.1 Å². The number of hydrogen-bond acceptors (Lipinski definition) is 7. The molecular weight excluding hydrogens is 320 g/mol. The van der Waals surface area contributed by atoms with E-state index >= 15 is 0 Å². The van der Waals surface area contributed by atoms with Gasteiger partial charge >= 0.3 is 5.97 Å². The third-order valence-electron chi connectivity index (χ3n) is 3.80. The Labute approximate surface area is 137 Å². The van der Waals surface area contributed by atoms with Crippen LogP contribution in [-0.4, -0.2) is 40.7 Å². The molecule has 130 valence electrons. The Balaban J connectivity index is 1.80. The zero-order valence-corrected chi connectivity index (χ0v) is 13.0. The number of non-ortho nitro benzene ring substituents is 1. The number of nitrogens with zero attached hydrogens (tertiary/aromatic N) is 1. The average Bonchev–Trinajstić information content (AvgIpc) is 2.53. The van der Waals surface area contributed by atoms with Crippen LogP contribution < -0.4 is 5.32 Å². The van der Waals surface area contributed by atoms with E-state index in [4.69, 9.17) is 14.9 Å². The molecule has 9 heteroatoms. The number of amides is 1. The van der Waals surface area contributed by atoms with Gasteiger partial charge in [0.1, 0.15) is 6.10 Å². The van der Waals surface area contributed by atoms with Gasteiger partial charge in [0.15, 0.2) is 0 Å². The number of hydrogen-bond donors (Lipinski definition) is 2. The molecule has 0 radical (unpaired) electrons. The molecule has 1 aliphatic heterocycles. The highest BCUT2D eigenvalue weighted by Crippen LogP contribution is 2.24. The normalized spacial score (nSPS) is 20.7. The molecule has 3 atom stereocenters. The van der Waals surface area contributed by atoms with Gasteiger partial charge in [0, 0.05) is 24.8 Å². The van der Waals surface area contributed by atoms with Crippen LogP contribution in [0.15, 0.2) is 24.3 Å². The quantitative estimate of drug-likeness (QED) is 0.306. The molecule has 1 amide bonds. The second-order valence-electron chi connectivity index (χ2n) is 5.51. The molecule has 1 unspecified atom stereocenters. The summed E-state index contributed by atoms with van der Waals surface area (Å²) < 4.78 is 0. The van der Waals surface area contributed by atoms with Crippen molar-refractivity contribution in [3.63, 3.8) is 0 Å². The smallest absolute Gasteiger partial charge is 0.346 e. The Morgan fingerprint density at radius 3 is 2.62 bits per heavy atom. The lowest BCUT2D eigenvalue weighted by molar-refractivity contribution is -0.384. The zero-order chi connectivity index (χ0) is 17.7. The summed E-state index contributed by atoms with van der Waals surface area (Å²) in [5, 5.41) is 22.1. The lowest BCUT2D eigenvalue weighted by atomic mass is 9.84. The van der Waals surface area contributed by atoms with E-state index < -0.39 is 22.9 Å². The summed E-state index contributed by atoms with van der Waals surface area (Å²) in [5.41, 5.74) is 0.476. The molecule has 2 rings (SSSR count). The largest absolute Gasteiger partial charge is 0.396 e. The van der Waals surface area contributed by atoms with E-state index in [1.54, 1.807) is 6.92 Å². The average molecular weight is 338 g/mol. The van der Waals surface area contributed by atoms with Gasteiger partial charge in [-0.25, -0.2) is 4.79 Å². The molecule has 1 aromatic carbocycles. The number of nitro groups is 1. The van der Waals surface area contributed by atoms with Gasteiger partial charge in [0.2, 0.25) is 5.91 Å². The van der Waals surface area contributed by atoms with Gasteiger partial charge in [-0.15, -0.1) is 0 Å².